The van der Waals surface area contributed by atoms with Crippen LogP contribution in [-0.4, -0.2) is 50.1 Å². The van der Waals surface area contributed by atoms with E-state index in [9.17, 15) is 5.11 Å². The van der Waals surface area contributed by atoms with Crippen LogP contribution in [0.2, 0.25) is 0 Å². The van der Waals surface area contributed by atoms with E-state index in [-0.39, 0.29) is 12.5 Å². The van der Waals surface area contributed by atoms with E-state index in [0.717, 1.165) is 84.8 Å². The summed E-state index contributed by atoms with van der Waals surface area (Å²) >= 11 is 0. The van der Waals surface area contributed by atoms with Crippen LogP contribution < -0.4 is 23.7 Å². The molecule has 0 radical (unpaired) electrons. The Balaban J connectivity index is 1.23. The van der Waals surface area contributed by atoms with Crippen molar-refractivity contribution in [1.29, 1.82) is 0 Å². The lowest BCUT2D eigenvalue weighted by atomic mass is 9.94. The van der Waals surface area contributed by atoms with Crippen LogP contribution in [0.3, 0.4) is 0 Å². The molecule has 39 heavy (non-hydrogen) atoms. The van der Waals surface area contributed by atoms with Crippen LogP contribution >= 0.6 is 0 Å². The fourth-order valence-electron chi connectivity index (χ4n) is 6.32. The summed E-state index contributed by atoms with van der Waals surface area (Å²) in [4.78, 5) is 5.01. The molecule has 200 valence electrons. The highest BCUT2D eigenvalue weighted by molar-refractivity contribution is 5.94. The van der Waals surface area contributed by atoms with Crippen molar-refractivity contribution in [1.82, 2.24) is 4.90 Å². The van der Waals surface area contributed by atoms with Gasteiger partial charge in [-0.2, -0.15) is 4.57 Å². The molecular weight excluding hydrogens is 490 g/mol. The Kier molecular flexibility index (Phi) is 5.77. The zero-order valence-electron chi connectivity index (χ0n) is 22.8. The maximum absolute atomic E-state index is 11.1. The van der Waals surface area contributed by atoms with Crippen molar-refractivity contribution >= 4 is 16.5 Å². The predicted octanol–water partition coefficient (Wildman–Crippen LogP) is 4.73. The molecule has 0 unspecified atom stereocenters. The van der Waals surface area contributed by atoms with Crippen LogP contribution in [0.1, 0.15) is 22.3 Å². The topological polar surface area (TPSA) is 58.3 Å². The van der Waals surface area contributed by atoms with Gasteiger partial charge in [-0.05, 0) is 60.4 Å². The van der Waals surface area contributed by atoms with Gasteiger partial charge in [0.05, 0.1) is 18.1 Å². The molecule has 0 atom stereocenters. The van der Waals surface area contributed by atoms with Gasteiger partial charge in [0.15, 0.2) is 35.7 Å². The van der Waals surface area contributed by atoms with Crippen LogP contribution in [-0.2, 0) is 19.5 Å². The zero-order chi connectivity index (χ0) is 26.7. The van der Waals surface area contributed by atoms with Crippen LogP contribution in [0.25, 0.3) is 22.0 Å². The molecule has 3 aliphatic heterocycles. The van der Waals surface area contributed by atoms with Crippen molar-refractivity contribution in [2.24, 2.45) is 0 Å². The SMILES string of the molecule is COc1cc(CN2CCN(c3cccc(C)c3C)CC2)c2cc3[n+](cc2c1O)CCc1cc2c(cc1-3)OCO2. The summed E-state index contributed by atoms with van der Waals surface area (Å²) in [6, 6.07) is 15.0. The van der Waals surface area contributed by atoms with E-state index in [4.69, 9.17) is 14.2 Å². The molecule has 0 saturated carbocycles. The second-order valence-electron chi connectivity index (χ2n) is 10.9. The number of phenolic OH excluding ortho intramolecular Hbond substituents is 1. The van der Waals surface area contributed by atoms with Gasteiger partial charge in [0.25, 0.3) is 0 Å². The zero-order valence-corrected chi connectivity index (χ0v) is 22.8. The highest BCUT2D eigenvalue weighted by atomic mass is 16.7. The van der Waals surface area contributed by atoms with E-state index in [1.165, 1.54) is 22.4 Å². The molecule has 0 amide bonds. The number of aromatic nitrogens is 1. The molecule has 0 aliphatic carbocycles. The Hall–Kier alpha value is -3.97. The summed E-state index contributed by atoms with van der Waals surface area (Å²) in [5, 5.41) is 13.0. The Morgan fingerprint density at radius 2 is 1.77 bits per heavy atom. The van der Waals surface area contributed by atoms with Crippen molar-refractivity contribution in [2.75, 3.05) is 45.0 Å². The molecule has 1 N–H and O–H groups in total. The molecule has 3 aliphatic rings. The average Bonchev–Trinajstić information content (AvgIpc) is 3.42. The third kappa shape index (κ3) is 4.03. The van der Waals surface area contributed by atoms with Crippen molar-refractivity contribution in [3.63, 3.8) is 0 Å². The van der Waals surface area contributed by atoms with Gasteiger partial charge in [-0.1, -0.05) is 12.1 Å². The number of ether oxygens (including phenoxy) is 3. The minimum atomic E-state index is 0.197. The van der Waals surface area contributed by atoms with Gasteiger partial charge in [0, 0.05) is 56.3 Å². The Labute approximate surface area is 228 Å². The number of pyridine rings is 1. The summed E-state index contributed by atoms with van der Waals surface area (Å²) < 4.78 is 19.2. The Morgan fingerprint density at radius 1 is 0.974 bits per heavy atom. The van der Waals surface area contributed by atoms with Gasteiger partial charge in [0.2, 0.25) is 12.5 Å². The Morgan fingerprint density at radius 3 is 2.56 bits per heavy atom. The second-order valence-corrected chi connectivity index (χ2v) is 10.9. The normalized spacial score (nSPS) is 16.3. The van der Waals surface area contributed by atoms with E-state index < -0.39 is 0 Å². The standard InChI is InChI=1S/C32H33N3O4/c1-20-5-4-6-27(21(20)2)34-11-9-33(10-12-34)17-23-14-31(37-3)32(36)26-18-35-8-7-22-13-29-30(39-19-38-29)16-25(22)28(35)15-24(23)26/h4-6,13-16,18H,7-12,17,19H2,1-3H3/p+1. The number of benzene rings is 3. The molecular formula is C32H34N3O4+. The van der Waals surface area contributed by atoms with Gasteiger partial charge in [0.1, 0.15) is 0 Å². The molecule has 4 aromatic rings. The first-order valence-electron chi connectivity index (χ1n) is 13.7. The summed E-state index contributed by atoms with van der Waals surface area (Å²) in [6.07, 6.45) is 2.98. The number of anilines is 1. The highest BCUT2D eigenvalue weighted by Crippen LogP contribution is 2.42. The molecule has 0 spiro atoms. The molecule has 1 fully saturated rings. The van der Waals surface area contributed by atoms with Crippen molar-refractivity contribution < 1.29 is 23.9 Å². The lowest BCUT2D eigenvalue weighted by molar-refractivity contribution is -0.686. The predicted molar refractivity (Wildman–Crippen MR) is 151 cm³/mol. The van der Waals surface area contributed by atoms with Crippen LogP contribution in [0.15, 0.2) is 48.7 Å². The lowest BCUT2D eigenvalue weighted by Crippen LogP contribution is -2.46. The second kappa shape index (κ2) is 9.35. The van der Waals surface area contributed by atoms with Crippen molar-refractivity contribution in [3.8, 4) is 34.3 Å². The van der Waals surface area contributed by atoms with Gasteiger partial charge in [-0.25, -0.2) is 0 Å². The number of phenols is 1. The number of hydrogen-bond acceptors (Lipinski definition) is 6. The maximum Gasteiger partial charge on any atom is 0.231 e. The number of piperazine rings is 1. The maximum atomic E-state index is 11.1. The first-order chi connectivity index (χ1) is 19.0. The molecule has 0 bridgehead atoms. The molecule has 1 aromatic heterocycles. The number of hydrogen-bond donors (Lipinski definition) is 1. The molecule has 3 aromatic carbocycles. The lowest BCUT2D eigenvalue weighted by Gasteiger charge is -2.37. The third-order valence-corrected chi connectivity index (χ3v) is 8.70. The van der Waals surface area contributed by atoms with Crippen molar-refractivity contribution in [3.05, 3.63) is 70.9 Å². The minimum absolute atomic E-state index is 0.197. The van der Waals surface area contributed by atoms with Gasteiger partial charge in [-0.3, -0.25) is 4.90 Å². The summed E-state index contributed by atoms with van der Waals surface area (Å²) in [5.41, 5.74) is 8.77. The quantitative estimate of drug-likeness (QED) is 0.390. The molecule has 7 nitrogen and oxygen atoms in total. The van der Waals surface area contributed by atoms with Gasteiger partial charge >= 0.3 is 0 Å². The van der Waals surface area contributed by atoms with E-state index in [1.54, 1.807) is 7.11 Å². The van der Waals surface area contributed by atoms with Crippen molar-refractivity contribution in [2.45, 2.75) is 33.4 Å². The first kappa shape index (κ1) is 24.1. The Bertz CT molecular complexity index is 1610. The molecule has 1 saturated heterocycles. The number of rotatable bonds is 4. The summed E-state index contributed by atoms with van der Waals surface area (Å²) in [6.45, 7) is 10.2. The van der Waals surface area contributed by atoms with Gasteiger partial charge < -0.3 is 24.2 Å². The average molecular weight is 525 g/mol. The smallest absolute Gasteiger partial charge is 0.231 e. The number of fused-ring (bicyclic) bond motifs is 5. The van der Waals surface area contributed by atoms with E-state index in [0.29, 0.717) is 5.75 Å². The summed E-state index contributed by atoms with van der Waals surface area (Å²) in [7, 11) is 1.62. The van der Waals surface area contributed by atoms with Crippen LogP contribution in [0.4, 0.5) is 5.69 Å². The van der Waals surface area contributed by atoms with Crippen LogP contribution in [0.5, 0.6) is 23.0 Å². The van der Waals surface area contributed by atoms with E-state index in [2.05, 4.69) is 70.8 Å². The summed E-state index contributed by atoms with van der Waals surface area (Å²) in [5.74, 6) is 2.34. The van der Waals surface area contributed by atoms with Gasteiger partial charge in [-0.15, -0.1) is 0 Å². The number of aryl methyl sites for hydroxylation is 3. The third-order valence-electron chi connectivity index (χ3n) is 8.70. The highest BCUT2D eigenvalue weighted by Gasteiger charge is 2.30. The largest absolute Gasteiger partial charge is 0.504 e. The van der Waals surface area contributed by atoms with E-state index >= 15 is 0 Å². The van der Waals surface area contributed by atoms with E-state index in [1.807, 2.05) is 6.07 Å². The van der Waals surface area contributed by atoms with Crippen LogP contribution in [0, 0.1) is 13.8 Å². The fraction of sp³-hybridized carbons (Fsp3) is 0.344. The number of methoxy groups -OCH3 is 1. The molecule has 4 heterocycles. The molecule has 7 rings (SSSR count). The first-order valence-corrected chi connectivity index (χ1v) is 13.7. The molecule has 7 heteroatoms. The number of aromatic hydroxyl groups is 1. The fourth-order valence-corrected chi connectivity index (χ4v) is 6.32. The number of nitrogens with zero attached hydrogens (tertiary/aromatic N) is 3. The minimum Gasteiger partial charge on any atom is -0.504 e. The monoisotopic (exact) mass is 524 g/mol.